The zero-order valence-corrected chi connectivity index (χ0v) is 19.4. The van der Waals surface area contributed by atoms with Crippen LogP contribution in [-0.4, -0.2) is 53.0 Å². The molecule has 1 atom stereocenters. The number of piperidine rings is 1. The van der Waals surface area contributed by atoms with Crippen molar-refractivity contribution in [1.29, 1.82) is 5.26 Å². The van der Waals surface area contributed by atoms with Gasteiger partial charge in [0.15, 0.2) is 0 Å². The van der Waals surface area contributed by atoms with Crippen LogP contribution in [0.25, 0.3) is 6.08 Å². The van der Waals surface area contributed by atoms with E-state index >= 15 is 0 Å². The summed E-state index contributed by atoms with van der Waals surface area (Å²) in [6.07, 6.45) is 3.97. The summed E-state index contributed by atoms with van der Waals surface area (Å²) in [7, 11) is 3.27. The van der Waals surface area contributed by atoms with E-state index in [1.54, 1.807) is 31.7 Å². The second-order valence-electron chi connectivity index (χ2n) is 7.73. The van der Waals surface area contributed by atoms with Crippen LogP contribution in [-0.2, 0) is 16.6 Å². The molecule has 0 aromatic carbocycles. The first-order valence-electron chi connectivity index (χ1n) is 9.93. The van der Waals surface area contributed by atoms with Crippen LogP contribution in [0.5, 0.6) is 0 Å². The number of thioether (sulfide) groups is 1. The van der Waals surface area contributed by atoms with Crippen LogP contribution in [0, 0.1) is 24.2 Å². The number of nitrogens with zero attached hydrogens (tertiary/aromatic N) is 4. The van der Waals surface area contributed by atoms with Crippen molar-refractivity contribution in [2.24, 2.45) is 13.0 Å². The third-order valence-corrected chi connectivity index (χ3v) is 6.97. The smallest absolute Gasteiger partial charge is 0.270 e. The molecule has 0 N–H and O–H groups in total. The van der Waals surface area contributed by atoms with Gasteiger partial charge in [0.05, 0.1) is 18.1 Å². The first-order chi connectivity index (χ1) is 14.3. The molecule has 3 heterocycles. The minimum absolute atomic E-state index is 0.104. The molecule has 2 saturated heterocycles. The number of hydrogen-bond donors (Lipinski definition) is 0. The zero-order valence-electron chi connectivity index (χ0n) is 17.7. The Bertz CT molecular complexity index is 1010. The maximum absolute atomic E-state index is 12.9. The van der Waals surface area contributed by atoms with Gasteiger partial charge in [-0.25, -0.2) is 0 Å². The second kappa shape index (κ2) is 9.33. The molecule has 3 rings (SSSR count). The Morgan fingerprint density at radius 1 is 1.40 bits per heavy atom. The van der Waals surface area contributed by atoms with Gasteiger partial charge in [0.25, 0.3) is 11.5 Å². The van der Waals surface area contributed by atoms with Crippen molar-refractivity contribution in [2.45, 2.75) is 26.7 Å². The fourth-order valence-corrected chi connectivity index (χ4v) is 5.27. The lowest BCUT2D eigenvalue weighted by molar-refractivity contribution is -0.122. The SMILES string of the molecule is COCCN1C(=O)C(=Cc2c(C)c(C#N)c(=O)n(C)c2N2CCCC(C)C2)SC1=S. The van der Waals surface area contributed by atoms with Crippen LogP contribution in [0.3, 0.4) is 0 Å². The van der Waals surface area contributed by atoms with Gasteiger partial charge in [-0.3, -0.25) is 19.1 Å². The van der Waals surface area contributed by atoms with Crippen molar-refractivity contribution in [3.05, 3.63) is 31.9 Å². The Labute approximate surface area is 186 Å². The van der Waals surface area contributed by atoms with E-state index in [9.17, 15) is 14.9 Å². The number of anilines is 1. The van der Waals surface area contributed by atoms with E-state index in [-0.39, 0.29) is 17.0 Å². The third-order valence-electron chi connectivity index (χ3n) is 5.59. The van der Waals surface area contributed by atoms with Crippen LogP contribution in [0.4, 0.5) is 5.82 Å². The number of aromatic nitrogens is 1. The highest BCUT2D eigenvalue weighted by atomic mass is 32.2. The number of carbonyl (C=O) groups is 1. The summed E-state index contributed by atoms with van der Waals surface area (Å²) in [6, 6.07) is 2.04. The van der Waals surface area contributed by atoms with Gasteiger partial charge in [-0.2, -0.15) is 5.26 Å². The van der Waals surface area contributed by atoms with Crippen LogP contribution >= 0.6 is 24.0 Å². The highest BCUT2D eigenvalue weighted by molar-refractivity contribution is 8.26. The normalized spacial score (nSPS) is 20.9. The van der Waals surface area contributed by atoms with Gasteiger partial charge >= 0.3 is 0 Å². The maximum Gasteiger partial charge on any atom is 0.270 e. The Kier molecular flexibility index (Phi) is 7.01. The van der Waals surface area contributed by atoms with E-state index in [1.807, 2.05) is 6.07 Å². The standard InChI is InChI=1S/C21H26N4O3S2/c1-13-6-5-7-24(12-13)18-15(14(2)16(11-22)19(26)23(18)3)10-17-20(27)25(8-9-28-4)21(29)30-17/h10,13H,5-9,12H2,1-4H3. The summed E-state index contributed by atoms with van der Waals surface area (Å²) in [6.45, 7) is 6.42. The quantitative estimate of drug-likeness (QED) is 0.508. The Hall–Kier alpha value is -2.15. The number of carbonyl (C=O) groups excluding carboxylic acids is 1. The number of rotatable bonds is 5. The molecule has 30 heavy (non-hydrogen) atoms. The number of amides is 1. The maximum atomic E-state index is 12.9. The van der Waals surface area contributed by atoms with E-state index in [1.165, 1.54) is 16.7 Å². The Morgan fingerprint density at radius 3 is 2.77 bits per heavy atom. The number of thiocarbonyl (C=S) groups is 1. The average molecular weight is 447 g/mol. The van der Waals surface area contributed by atoms with Crippen molar-refractivity contribution in [1.82, 2.24) is 9.47 Å². The van der Waals surface area contributed by atoms with Crippen LogP contribution in [0.1, 0.15) is 36.5 Å². The van der Waals surface area contributed by atoms with Gasteiger partial charge < -0.3 is 9.64 Å². The van der Waals surface area contributed by atoms with Crippen molar-refractivity contribution in [3.8, 4) is 6.07 Å². The molecule has 160 valence electrons. The van der Waals surface area contributed by atoms with Crippen molar-refractivity contribution in [3.63, 3.8) is 0 Å². The van der Waals surface area contributed by atoms with Gasteiger partial charge in [-0.15, -0.1) is 0 Å². The van der Waals surface area contributed by atoms with Gasteiger partial charge in [0.2, 0.25) is 0 Å². The molecule has 2 aliphatic rings. The van der Waals surface area contributed by atoms with Gasteiger partial charge in [0.1, 0.15) is 21.8 Å². The molecule has 0 aliphatic carbocycles. The lowest BCUT2D eigenvalue weighted by Gasteiger charge is -2.35. The van der Waals surface area contributed by atoms with Crippen molar-refractivity contribution in [2.75, 3.05) is 38.3 Å². The van der Waals surface area contributed by atoms with Crippen molar-refractivity contribution >= 4 is 46.1 Å². The lowest BCUT2D eigenvalue weighted by atomic mass is 9.98. The summed E-state index contributed by atoms with van der Waals surface area (Å²) >= 11 is 6.62. The molecule has 0 saturated carbocycles. The molecule has 0 bridgehead atoms. The van der Waals surface area contributed by atoms with Crippen LogP contribution in [0.15, 0.2) is 9.70 Å². The van der Waals surface area contributed by atoms with E-state index < -0.39 is 0 Å². The third kappa shape index (κ3) is 4.17. The predicted molar refractivity (Wildman–Crippen MR) is 124 cm³/mol. The van der Waals surface area contributed by atoms with E-state index in [2.05, 4.69) is 11.8 Å². The molecular weight excluding hydrogens is 420 g/mol. The molecule has 1 amide bonds. The number of hydrogen-bond acceptors (Lipinski definition) is 7. The number of pyridine rings is 1. The fourth-order valence-electron chi connectivity index (χ4n) is 3.98. The largest absolute Gasteiger partial charge is 0.383 e. The van der Waals surface area contributed by atoms with Crippen LogP contribution in [0.2, 0.25) is 0 Å². The van der Waals surface area contributed by atoms with E-state index in [4.69, 9.17) is 17.0 Å². The zero-order chi connectivity index (χ0) is 22.0. The summed E-state index contributed by atoms with van der Waals surface area (Å²) in [5.41, 5.74) is 1.12. The first-order valence-corrected chi connectivity index (χ1v) is 11.2. The predicted octanol–water partition coefficient (Wildman–Crippen LogP) is 2.65. The summed E-state index contributed by atoms with van der Waals surface area (Å²) in [5.74, 6) is 1.09. The molecule has 1 aromatic rings. The molecule has 1 aromatic heterocycles. The number of ether oxygens (including phenoxy) is 1. The summed E-state index contributed by atoms with van der Waals surface area (Å²) in [4.78, 5) is 30.0. The molecule has 0 radical (unpaired) electrons. The molecule has 1 unspecified atom stereocenters. The number of nitriles is 1. The summed E-state index contributed by atoms with van der Waals surface area (Å²) in [5, 5.41) is 9.57. The molecular formula is C21H26N4O3S2. The topological polar surface area (TPSA) is 78.6 Å². The first kappa shape index (κ1) is 22.5. The molecule has 7 nitrogen and oxygen atoms in total. The highest BCUT2D eigenvalue weighted by Crippen LogP contribution is 2.36. The Balaban J connectivity index is 2.14. The minimum atomic E-state index is -0.312. The van der Waals surface area contributed by atoms with E-state index in [0.717, 1.165) is 37.3 Å². The molecule has 0 spiro atoms. The highest BCUT2D eigenvalue weighted by Gasteiger charge is 2.33. The number of methoxy groups -OCH3 is 1. The monoisotopic (exact) mass is 446 g/mol. The lowest BCUT2D eigenvalue weighted by Crippen LogP contribution is -2.39. The van der Waals surface area contributed by atoms with E-state index in [0.29, 0.717) is 33.9 Å². The fraction of sp³-hybridized carbons (Fsp3) is 0.524. The molecule has 9 heteroatoms. The van der Waals surface area contributed by atoms with Gasteiger partial charge in [-0.1, -0.05) is 30.9 Å². The Morgan fingerprint density at radius 2 is 2.13 bits per heavy atom. The summed E-state index contributed by atoms with van der Waals surface area (Å²) < 4.78 is 7.11. The molecule has 2 aliphatic heterocycles. The van der Waals surface area contributed by atoms with Gasteiger partial charge in [0, 0.05) is 32.8 Å². The van der Waals surface area contributed by atoms with Crippen LogP contribution < -0.4 is 10.5 Å². The molecule has 2 fully saturated rings. The average Bonchev–Trinajstić information content (AvgIpc) is 2.98. The van der Waals surface area contributed by atoms with Gasteiger partial charge in [-0.05, 0) is 37.3 Å². The van der Waals surface area contributed by atoms with Crippen molar-refractivity contribution < 1.29 is 9.53 Å². The second-order valence-corrected chi connectivity index (χ2v) is 9.41. The minimum Gasteiger partial charge on any atom is -0.383 e.